The van der Waals surface area contributed by atoms with Crippen molar-refractivity contribution in [3.8, 4) is 0 Å². The maximum Gasteiger partial charge on any atom is 0.264 e. The third kappa shape index (κ3) is 7.86. The number of hydrogen-bond acceptors (Lipinski definition) is 4. The molecule has 0 bridgehead atoms. The second-order valence-electron chi connectivity index (χ2n) is 10.9. The molecular formula is C31H38ClN3O4S. The summed E-state index contributed by atoms with van der Waals surface area (Å²) in [6.45, 7) is 10.8. The van der Waals surface area contributed by atoms with Crippen molar-refractivity contribution in [2.75, 3.05) is 10.8 Å². The van der Waals surface area contributed by atoms with Crippen molar-refractivity contribution in [3.05, 3.63) is 94.5 Å². The summed E-state index contributed by atoms with van der Waals surface area (Å²) < 4.78 is 29.0. The van der Waals surface area contributed by atoms with Gasteiger partial charge in [0.25, 0.3) is 10.0 Å². The van der Waals surface area contributed by atoms with Crippen LogP contribution in [0.2, 0.25) is 5.02 Å². The number of rotatable bonds is 10. The van der Waals surface area contributed by atoms with Crippen molar-refractivity contribution in [2.45, 2.75) is 71.0 Å². The molecule has 1 atom stereocenters. The molecule has 0 spiro atoms. The Balaban J connectivity index is 2.09. The Kier molecular flexibility index (Phi) is 10.0. The molecule has 0 aliphatic rings. The first-order chi connectivity index (χ1) is 18.7. The van der Waals surface area contributed by atoms with Gasteiger partial charge >= 0.3 is 0 Å². The van der Waals surface area contributed by atoms with E-state index in [1.54, 1.807) is 48.5 Å². The van der Waals surface area contributed by atoms with Gasteiger partial charge in [0.2, 0.25) is 11.8 Å². The molecule has 0 aliphatic heterocycles. The van der Waals surface area contributed by atoms with Gasteiger partial charge in [-0.15, -0.1) is 0 Å². The van der Waals surface area contributed by atoms with E-state index in [-0.39, 0.29) is 17.3 Å². The molecule has 9 heteroatoms. The van der Waals surface area contributed by atoms with E-state index in [1.165, 1.54) is 17.0 Å². The highest BCUT2D eigenvalue weighted by atomic mass is 35.5. The zero-order valence-electron chi connectivity index (χ0n) is 23.9. The number of halogens is 1. The highest BCUT2D eigenvalue weighted by Gasteiger charge is 2.35. The van der Waals surface area contributed by atoms with Crippen LogP contribution in [0.3, 0.4) is 0 Å². The molecule has 0 radical (unpaired) electrons. The minimum absolute atomic E-state index is 0.0737. The zero-order valence-corrected chi connectivity index (χ0v) is 25.5. The van der Waals surface area contributed by atoms with Gasteiger partial charge in [-0.25, -0.2) is 8.42 Å². The van der Waals surface area contributed by atoms with Crippen LogP contribution in [0, 0.1) is 13.8 Å². The van der Waals surface area contributed by atoms with Crippen molar-refractivity contribution >= 4 is 39.1 Å². The number of carbonyl (C=O) groups is 2. The highest BCUT2D eigenvalue weighted by Crippen LogP contribution is 2.28. The smallest absolute Gasteiger partial charge is 0.264 e. The van der Waals surface area contributed by atoms with Crippen LogP contribution in [0.15, 0.2) is 77.7 Å². The summed E-state index contributed by atoms with van der Waals surface area (Å²) in [6.07, 6.45) is 0.343. The molecule has 0 fully saturated rings. The Bertz CT molecular complexity index is 1440. The summed E-state index contributed by atoms with van der Waals surface area (Å²) in [5.74, 6) is -0.799. The Hall–Kier alpha value is -3.36. The van der Waals surface area contributed by atoms with Gasteiger partial charge in [0.15, 0.2) is 0 Å². The topological polar surface area (TPSA) is 86.8 Å². The van der Waals surface area contributed by atoms with Gasteiger partial charge in [0.1, 0.15) is 12.6 Å². The van der Waals surface area contributed by atoms with Crippen LogP contribution in [-0.2, 0) is 26.2 Å². The molecule has 3 aromatic carbocycles. The summed E-state index contributed by atoms with van der Waals surface area (Å²) in [5, 5.41) is 3.52. The van der Waals surface area contributed by atoms with Crippen molar-refractivity contribution < 1.29 is 18.0 Å². The first-order valence-electron chi connectivity index (χ1n) is 13.2. The fourth-order valence-electron chi connectivity index (χ4n) is 4.48. The lowest BCUT2D eigenvalue weighted by Gasteiger charge is -2.35. The van der Waals surface area contributed by atoms with Crippen molar-refractivity contribution in [1.29, 1.82) is 0 Å². The van der Waals surface area contributed by atoms with Crippen LogP contribution in [0.1, 0.15) is 50.8 Å². The van der Waals surface area contributed by atoms with Crippen LogP contribution >= 0.6 is 11.6 Å². The molecule has 0 heterocycles. The van der Waals surface area contributed by atoms with Gasteiger partial charge < -0.3 is 10.2 Å². The molecule has 3 rings (SSSR count). The fraction of sp³-hybridized carbons (Fsp3) is 0.355. The number of anilines is 1. The predicted octanol–water partition coefficient (Wildman–Crippen LogP) is 5.87. The molecule has 1 N–H and O–H groups in total. The van der Waals surface area contributed by atoms with E-state index in [0.717, 1.165) is 15.4 Å². The summed E-state index contributed by atoms with van der Waals surface area (Å²) in [6, 6.07) is 19.7. The molecule has 0 unspecified atom stereocenters. The molecule has 0 saturated heterocycles. The maximum absolute atomic E-state index is 14.1. The Morgan fingerprint density at radius 2 is 1.57 bits per heavy atom. The van der Waals surface area contributed by atoms with Crippen LogP contribution < -0.4 is 9.62 Å². The Morgan fingerprint density at radius 3 is 2.12 bits per heavy atom. The van der Waals surface area contributed by atoms with E-state index in [9.17, 15) is 18.0 Å². The average Bonchev–Trinajstić information content (AvgIpc) is 2.88. The number of hydrogen-bond donors (Lipinski definition) is 1. The molecule has 0 aromatic heterocycles. The van der Waals surface area contributed by atoms with Crippen LogP contribution in [0.4, 0.5) is 5.69 Å². The van der Waals surface area contributed by atoms with E-state index in [4.69, 9.17) is 11.6 Å². The van der Waals surface area contributed by atoms with Crippen molar-refractivity contribution in [1.82, 2.24) is 10.2 Å². The SMILES string of the molecule is CC[C@@H](C(=O)NC(C)(C)C)N(Cc1ccc(Cl)cc1)C(=O)CN(c1ccc(C)cc1C)S(=O)(=O)c1ccccc1. The molecule has 0 aliphatic carbocycles. The quantitative estimate of drug-likeness (QED) is 0.323. The monoisotopic (exact) mass is 583 g/mol. The highest BCUT2D eigenvalue weighted by molar-refractivity contribution is 7.92. The number of nitrogens with one attached hydrogen (secondary N) is 1. The largest absolute Gasteiger partial charge is 0.350 e. The fourth-order valence-corrected chi connectivity index (χ4v) is 6.10. The lowest BCUT2D eigenvalue weighted by atomic mass is 10.1. The number of sulfonamides is 1. The molecular weight excluding hydrogens is 546 g/mol. The molecule has 0 saturated carbocycles. The van der Waals surface area contributed by atoms with Crippen molar-refractivity contribution in [2.24, 2.45) is 0 Å². The third-order valence-corrected chi connectivity index (χ3v) is 8.41. The molecule has 214 valence electrons. The Labute approximate surface area is 243 Å². The summed E-state index contributed by atoms with van der Waals surface area (Å²) in [7, 11) is -4.11. The summed E-state index contributed by atoms with van der Waals surface area (Å²) in [5.41, 5.74) is 2.35. The maximum atomic E-state index is 14.1. The standard InChI is InChI=1S/C31H38ClN3O4S/c1-7-27(30(37)33-31(4,5)6)34(20-24-14-16-25(32)17-15-24)29(36)21-35(28-18-13-22(2)19-23(28)3)40(38,39)26-11-9-8-10-12-26/h8-19,27H,7,20-21H2,1-6H3,(H,33,37)/t27-/m0/s1. The molecule has 2 amide bonds. The molecule has 3 aromatic rings. The van der Waals surface area contributed by atoms with Gasteiger partial charge in [-0.2, -0.15) is 0 Å². The van der Waals surface area contributed by atoms with E-state index < -0.39 is 34.1 Å². The van der Waals surface area contributed by atoms with Gasteiger partial charge in [0.05, 0.1) is 10.6 Å². The second kappa shape index (κ2) is 12.9. The second-order valence-corrected chi connectivity index (χ2v) is 13.2. The van der Waals surface area contributed by atoms with E-state index in [0.29, 0.717) is 22.7 Å². The normalized spacial score (nSPS) is 12.5. The Morgan fingerprint density at radius 1 is 0.950 bits per heavy atom. The van der Waals surface area contributed by atoms with E-state index >= 15 is 0 Å². The van der Waals surface area contributed by atoms with Gasteiger partial charge in [-0.1, -0.05) is 66.6 Å². The first-order valence-corrected chi connectivity index (χ1v) is 15.1. The number of nitrogens with zero attached hydrogens (tertiary/aromatic N) is 2. The third-order valence-electron chi connectivity index (χ3n) is 6.38. The van der Waals surface area contributed by atoms with Gasteiger partial charge in [0, 0.05) is 17.1 Å². The first kappa shape index (κ1) is 31.2. The number of benzene rings is 3. The van der Waals surface area contributed by atoms with Crippen LogP contribution in [-0.4, -0.2) is 43.3 Å². The lowest BCUT2D eigenvalue weighted by Crippen LogP contribution is -2.55. The van der Waals surface area contributed by atoms with E-state index in [1.807, 2.05) is 53.7 Å². The number of carbonyl (C=O) groups excluding carboxylic acids is 2. The zero-order chi connectivity index (χ0) is 29.7. The van der Waals surface area contributed by atoms with Crippen LogP contribution in [0.5, 0.6) is 0 Å². The predicted molar refractivity (Wildman–Crippen MR) is 161 cm³/mol. The van der Waals surface area contributed by atoms with Gasteiger partial charge in [-0.05, 0) is 82.5 Å². The summed E-state index contributed by atoms with van der Waals surface area (Å²) in [4.78, 5) is 29.1. The summed E-state index contributed by atoms with van der Waals surface area (Å²) >= 11 is 6.08. The minimum atomic E-state index is -4.11. The average molecular weight is 584 g/mol. The molecule has 40 heavy (non-hydrogen) atoms. The molecule has 7 nitrogen and oxygen atoms in total. The van der Waals surface area contributed by atoms with E-state index in [2.05, 4.69) is 5.32 Å². The minimum Gasteiger partial charge on any atom is -0.350 e. The lowest BCUT2D eigenvalue weighted by molar-refractivity contribution is -0.141. The van der Waals surface area contributed by atoms with Crippen LogP contribution in [0.25, 0.3) is 0 Å². The number of aryl methyl sites for hydroxylation is 2. The van der Waals surface area contributed by atoms with Gasteiger partial charge in [-0.3, -0.25) is 13.9 Å². The van der Waals surface area contributed by atoms with Crippen molar-refractivity contribution in [3.63, 3.8) is 0 Å². The number of amides is 2.